The van der Waals surface area contributed by atoms with Crippen LogP contribution >= 0.6 is 11.6 Å². The van der Waals surface area contributed by atoms with Gasteiger partial charge in [-0.1, -0.05) is 23.7 Å². The summed E-state index contributed by atoms with van der Waals surface area (Å²) >= 11 is 6.20. The Bertz CT molecular complexity index is 1280. The molecule has 0 aliphatic heterocycles. The van der Waals surface area contributed by atoms with Gasteiger partial charge < -0.3 is 5.32 Å². The van der Waals surface area contributed by atoms with Crippen LogP contribution in [-0.4, -0.2) is 24.4 Å². The molecule has 1 unspecified atom stereocenters. The van der Waals surface area contributed by atoms with E-state index in [1.54, 1.807) is 23.6 Å². The molecule has 0 bridgehead atoms. The molecule has 3 heterocycles. The summed E-state index contributed by atoms with van der Waals surface area (Å²) in [5.41, 5.74) is -0.797. The summed E-state index contributed by atoms with van der Waals surface area (Å²) in [7, 11) is 0. The van der Waals surface area contributed by atoms with E-state index in [-0.39, 0.29) is 22.4 Å². The number of aromatic nitrogens is 5. The highest BCUT2D eigenvalue weighted by atomic mass is 35.5. The molecule has 4 aromatic rings. The van der Waals surface area contributed by atoms with Crippen molar-refractivity contribution < 1.29 is 13.2 Å². The molecule has 0 spiro atoms. The van der Waals surface area contributed by atoms with Gasteiger partial charge in [-0.25, -0.2) is 0 Å². The zero-order chi connectivity index (χ0) is 21.5. The van der Waals surface area contributed by atoms with Crippen LogP contribution in [0, 0.1) is 0 Å². The van der Waals surface area contributed by atoms with Gasteiger partial charge in [-0.2, -0.15) is 23.0 Å². The zero-order valence-corrected chi connectivity index (χ0v) is 16.2. The quantitative estimate of drug-likeness (QED) is 0.523. The van der Waals surface area contributed by atoms with Gasteiger partial charge in [-0.3, -0.25) is 9.20 Å². The fraction of sp³-hybridized carbons (Fsp3) is 0.158. The van der Waals surface area contributed by atoms with Crippen LogP contribution in [0.3, 0.4) is 0 Å². The Labute approximate surface area is 172 Å². The number of alkyl halides is 3. The monoisotopic (exact) mass is 434 g/mol. The first-order valence-corrected chi connectivity index (χ1v) is 9.15. The maximum Gasteiger partial charge on any atom is 0.416 e. The minimum atomic E-state index is -4.54. The van der Waals surface area contributed by atoms with Gasteiger partial charge in [0.2, 0.25) is 0 Å². The van der Waals surface area contributed by atoms with Gasteiger partial charge in [0.25, 0.3) is 5.56 Å². The molecule has 1 N–H and O–H groups in total. The molecular weight excluding hydrogens is 421 g/mol. The first-order chi connectivity index (χ1) is 14.3. The van der Waals surface area contributed by atoms with Crippen LogP contribution in [0.15, 0.2) is 59.7 Å². The fourth-order valence-electron chi connectivity index (χ4n) is 2.98. The Morgan fingerprint density at radius 1 is 1.13 bits per heavy atom. The Morgan fingerprint density at radius 2 is 1.93 bits per heavy atom. The number of hydrogen-bond donors (Lipinski definition) is 1. The average Bonchev–Trinajstić information content (AvgIpc) is 3.15. The molecule has 0 saturated carbocycles. The summed E-state index contributed by atoms with van der Waals surface area (Å²) < 4.78 is 41.5. The number of nitrogens with zero attached hydrogens (tertiary/aromatic N) is 5. The van der Waals surface area contributed by atoms with E-state index in [0.717, 1.165) is 16.8 Å². The summed E-state index contributed by atoms with van der Waals surface area (Å²) in [4.78, 5) is 12.6. The van der Waals surface area contributed by atoms with E-state index in [1.165, 1.54) is 18.3 Å². The first kappa shape index (κ1) is 19.9. The van der Waals surface area contributed by atoms with Gasteiger partial charge in [0.1, 0.15) is 5.02 Å². The minimum absolute atomic E-state index is 0.0419. The SMILES string of the molecule is CC(Nc1cnn(-c2cccc(C(F)(F)F)c2)c(=O)c1Cl)c1nnc2ccccn12. The Kier molecular flexibility index (Phi) is 4.94. The molecule has 0 fully saturated rings. The Hall–Kier alpha value is -3.40. The molecule has 0 aliphatic carbocycles. The molecule has 11 heteroatoms. The van der Waals surface area contributed by atoms with Gasteiger partial charge in [0.05, 0.1) is 29.2 Å². The highest BCUT2D eigenvalue weighted by Crippen LogP contribution is 2.30. The summed E-state index contributed by atoms with van der Waals surface area (Å²) in [5.74, 6) is 0.587. The predicted octanol–water partition coefficient (Wildman–Crippen LogP) is 4.12. The third-order valence-corrected chi connectivity index (χ3v) is 4.80. The molecular formula is C19H14ClF3N6O. The van der Waals surface area contributed by atoms with Crippen LogP contribution in [0.5, 0.6) is 0 Å². The molecule has 4 rings (SSSR count). The number of pyridine rings is 1. The number of fused-ring (bicyclic) bond motifs is 1. The maximum atomic E-state index is 13.0. The normalized spacial score (nSPS) is 12.8. The van der Waals surface area contributed by atoms with Crippen LogP contribution in [0.2, 0.25) is 5.02 Å². The van der Waals surface area contributed by atoms with Gasteiger partial charge in [-0.05, 0) is 37.3 Å². The number of benzene rings is 1. The summed E-state index contributed by atoms with van der Waals surface area (Å²) in [6, 6.07) is 9.37. The van der Waals surface area contributed by atoms with Crippen molar-refractivity contribution in [3.63, 3.8) is 0 Å². The van der Waals surface area contributed by atoms with Gasteiger partial charge in [0, 0.05) is 6.20 Å². The van der Waals surface area contributed by atoms with E-state index in [1.807, 2.05) is 12.1 Å². The third-order valence-electron chi connectivity index (χ3n) is 4.44. The molecule has 1 atom stereocenters. The van der Waals surface area contributed by atoms with Crippen molar-refractivity contribution in [2.75, 3.05) is 5.32 Å². The Balaban J connectivity index is 1.66. The number of nitrogens with one attached hydrogen (secondary N) is 1. The van der Waals surface area contributed by atoms with Gasteiger partial charge in [-0.15, -0.1) is 10.2 Å². The van der Waals surface area contributed by atoms with Crippen molar-refractivity contribution in [3.05, 3.63) is 81.6 Å². The van der Waals surface area contributed by atoms with E-state index in [0.29, 0.717) is 11.5 Å². The standard InChI is InChI=1S/C19H14ClF3N6O/c1-11(17-27-26-15-7-2-3-8-28(15)17)25-14-10-24-29(18(30)16(14)20)13-6-4-5-12(9-13)19(21,22)23/h2-11,25H,1H3. The van der Waals surface area contributed by atoms with Gasteiger partial charge in [0.15, 0.2) is 11.5 Å². The molecule has 7 nitrogen and oxygen atoms in total. The molecule has 30 heavy (non-hydrogen) atoms. The second-order valence-electron chi connectivity index (χ2n) is 6.49. The van der Waals surface area contributed by atoms with E-state index in [9.17, 15) is 18.0 Å². The average molecular weight is 435 g/mol. The molecule has 0 amide bonds. The van der Waals surface area contributed by atoms with Crippen molar-refractivity contribution in [1.82, 2.24) is 24.4 Å². The molecule has 1 aromatic carbocycles. The number of anilines is 1. The van der Waals surface area contributed by atoms with Crippen molar-refractivity contribution in [1.29, 1.82) is 0 Å². The van der Waals surface area contributed by atoms with Crippen LogP contribution in [0.25, 0.3) is 11.3 Å². The largest absolute Gasteiger partial charge is 0.416 e. The number of halogens is 4. The van der Waals surface area contributed by atoms with Crippen molar-refractivity contribution in [3.8, 4) is 5.69 Å². The smallest absolute Gasteiger partial charge is 0.373 e. The topological polar surface area (TPSA) is 77.1 Å². The summed E-state index contributed by atoms with van der Waals surface area (Å²) in [5, 5.41) is 15.0. The van der Waals surface area contributed by atoms with Crippen LogP contribution < -0.4 is 10.9 Å². The second kappa shape index (κ2) is 7.45. The van der Waals surface area contributed by atoms with Crippen molar-refractivity contribution in [2.24, 2.45) is 0 Å². The van der Waals surface area contributed by atoms with E-state index < -0.39 is 17.3 Å². The molecule has 3 aromatic heterocycles. The molecule has 0 radical (unpaired) electrons. The lowest BCUT2D eigenvalue weighted by molar-refractivity contribution is -0.137. The minimum Gasteiger partial charge on any atom is -0.373 e. The molecule has 0 saturated heterocycles. The highest BCUT2D eigenvalue weighted by molar-refractivity contribution is 6.33. The van der Waals surface area contributed by atoms with Crippen LogP contribution in [0.4, 0.5) is 18.9 Å². The van der Waals surface area contributed by atoms with Crippen molar-refractivity contribution >= 4 is 22.9 Å². The van der Waals surface area contributed by atoms with E-state index in [4.69, 9.17) is 11.6 Å². The van der Waals surface area contributed by atoms with Crippen molar-refractivity contribution in [2.45, 2.75) is 19.1 Å². The Morgan fingerprint density at radius 3 is 2.70 bits per heavy atom. The first-order valence-electron chi connectivity index (χ1n) is 8.77. The lowest BCUT2D eigenvalue weighted by Gasteiger charge is -2.15. The lowest BCUT2D eigenvalue weighted by Crippen LogP contribution is -2.24. The maximum absolute atomic E-state index is 13.0. The zero-order valence-electron chi connectivity index (χ0n) is 15.4. The summed E-state index contributed by atoms with van der Waals surface area (Å²) in [6.07, 6.45) is -1.46. The summed E-state index contributed by atoms with van der Waals surface area (Å²) in [6.45, 7) is 1.80. The number of hydrogen-bond acceptors (Lipinski definition) is 5. The fourth-order valence-corrected chi connectivity index (χ4v) is 3.17. The predicted molar refractivity (Wildman–Crippen MR) is 105 cm³/mol. The van der Waals surface area contributed by atoms with E-state index in [2.05, 4.69) is 20.6 Å². The second-order valence-corrected chi connectivity index (χ2v) is 6.87. The van der Waals surface area contributed by atoms with Gasteiger partial charge >= 0.3 is 6.18 Å². The molecule has 154 valence electrons. The lowest BCUT2D eigenvalue weighted by atomic mass is 10.2. The van der Waals surface area contributed by atoms with Crippen LogP contribution in [-0.2, 0) is 6.18 Å². The number of rotatable bonds is 4. The van der Waals surface area contributed by atoms with E-state index >= 15 is 0 Å². The highest BCUT2D eigenvalue weighted by Gasteiger charge is 2.30. The molecule has 0 aliphatic rings. The third kappa shape index (κ3) is 3.61. The van der Waals surface area contributed by atoms with Crippen LogP contribution in [0.1, 0.15) is 24.4 Å².